The van der Waals surface area contributed by atoms with Gasteiger partial charge in [0, 0.05) is 24.8 Å². The molecule has 1 spiro atoms. The van der Waals surface area contributed by atoms with Gasteiger partial charge in [0.05, 0.1) is 47.3 Å². The minimum Gasteiger partial charge on any atom is -0.455 e. The number of hydrogen-bond donors (Lipinski definition) is 1. The average molecular weight is 771 g/mol. The summed E-state index contributed by atoms with van der Waals surface area (Å²) in [5.41, 5.74) is 0.508. The maximum atomic E-state index is 14.9. The molecule has 0 saturated carbocycles. The number of carbonyl (C=O) groups is 4. The van der Waals surface area contributed by atoms with E-state index in [0.29, 0.717) is 22.7 Å². The van der Waals surface area contributed by atoms with Crippen molar-refractivity contribution in [2.75, 3.05) is 25.1 Å². The molecule has 2 aromatic rings. The van der Waals surface area contributed by atoms with Crippen LogP contribution in [0.1, 0.15) is 50.3 Å². The van der Waals surface area contributed by atoms with Crippen LogP contribution >= 0.6 is 27.5 Å². The van der Waals surface area contributed by atoms with Gasteiger partial charge in [0.25, 0.3) is 5.91 Å². The fourth-order valence-electron chi connectivity index (χ4n) is 7.83. The largest absolute Gasteiger partial charge is 0.455 e. The monoisotopic (exact) mass is 769 g/mol. The number of alkyl halides is 1. The van der Waals surface area contributed by atoms with Gasteiger partial charge in [0.1, 0.15) is 17.7 Å². The van der Waals surface area contributed by atoms with Gasteiger partial charge in [0.15, 0.2) is 0 Å². The zero-order valence-corrected chi connectivity index (χ0v) is 31.2. The van der Waals surface area contributed by atoms with E-state index in [1.54, 1.807) is 43.2 Å². The third kappa shape index (κ3) is 6.53. The Kier molecular flexibility index (Phi) is 11.6. The second-order valence-electron chi connectivity index (χ2n) is 13.4. The molecule has 12 heteroatoms. The van der Waals surface area contributed by atoms with Gasteiger partial charge in [-0.1, -0.05) is 82.1 Å². The van der Waals surface area contributed by atoms with Crippen molar-refractivity contribution in [2.24, 2.45) is 11.8 Å². The Hall–Kier alpha value is -3.51. The smallest absolute Gasteiger partial charge is 0.313 e. The van der Waals surface area contributed by atoms with Crippen LogP contribution in [0.3, 0.4) is 0 Å². The van der Waals surface area contributed by atoms with Gasteiger partial charge < -0.3 is 29.3 Å². The number of esters is 1. The van der Waals surface area contributed by atoms with Gasteiger partial charge in [-0.25, -0.2) is 0 Å². The van der Waals surface area contributed by atoms with E-state index in [1.807, 2.05) is 50.2 Å². The molecular formula is C38H45BrClN3O7. The molecule has 9 atom stereocenters. The number of rotatable bonds is 14. The van der Waals surface area contributed by atoms with Crippen LogP contribution in [0.4, 0.5) is 5.69 Å². The SMILES string of the molecule is C=CCCC(=O)N(C)[C@H](C)[C@H](OC(=O)[C@@H]1[C@H]2O[C@@]3(CC2Br)[C@H](C(=O)N(CC=C)c2c(C)cccc2Cl)N([C@H](C)CO)C(=O)[C@@H]13)c1ccccc1. The Bertz CT molecular complexity index is 1620. The van der Waals surface area contributed by atoms with Crippen LogP contribution in [0.15, 0.2) is 73.8 Å². The number of ether oxygens (including phenoxy) is 2. The molecule has 50 heavy (non-hydrogen) atoms. The minimum atomic E-state index is -1.40. The van der Waals surface area contributed by atoms with Crippen molar-refractivity contribution >= 4 is 56.9 Å². The molecule has 10 nitrogen and oxygen atoms in total. The summed E-state index contributed by atoms with van der Waals surface area (Å²) in [6, 6.07) is 12.0. The summed E-state index contributed by atoms with van der Waals surface area (Å²) in [6.07, 6.45) is 2.66. The quantitative estimate of drug-likeness (QED) is 0.156. The number of nitrogens with zero attached hydrogens (tertiary/aromatic N) is 3. The van der Waals surface area contributed by atoms with Crippen molar-refractivity contribution in [2.45, 2.75) is 80.8 Å². The number of amides is 3. The molecule has 1 N–H and O–H groups in total. The van der Waals surface area contributed by atoms with Crippen LogP contribution in [0.2, 0.25) is 5.02 Å². The number of para-hydroxylation sites is 1. The number of anilines is 1. The number of aliphatic hydroxyl groups is 1. The summed E-state index contributed by atoms with van der Waals surface area (Å²) < 4.78 is 13.0. The Morgan fingerprint density at radius 2 is 1.86 bits per heavy atom. The van der Waals surface area contributed by atoms with Gasteiger partial charge in [-0.05, 0) is 50.8 Å². The zero-order chi connectivity index (χ0) is 36.5. The zero-order valence-electron chi connectivity index (χ0n) is 28.8. The molecule has 2 aromatic carbocycles. The fourth-order valence-corrected chi connectivity index (χ4v) is 9.10. The van der Waals surface area contributed by atoms with E-state index in [9.17, 15) is 24.3 Å². The molecule has 3 heterocycles. The highest BCUT2D eigenvalue weighted by atomic mass is 79.9. The number of likely N-dealkylation sites (tertiary alicyclic amines) is 1. The maximum absolute atomic E-state index is 14.9. The van der Waals surface area contributed by atoms with Crippen molar-refractivity contribution in [3.63, 3.8) is 0 Å². The van der Waals surface area contributed by atoms with Crippen molar-refractivity contribution in [3.8, 4) is 0 Å². The topological polar surface area (TPSA) is 117 Å². The van der Waals surface area contributed by atoms with Crippen molar-refractivity contribution in [1.29, 1.82) is 0 Å². The summed E-state index contributed by atoms with van der Waals surface area (Å²) in [5, 5.41) is 10.7. The van der Waals surface area contributed by atoms with E-state index in [1.165, 1.54) is 9.80 Å². The lowest BCUT2D eigenvalue weighted by Crippen LogP contribution is -2.59. The molecule has 0 aliphatic carbocycles. The van der Waals surface area contributed by atoms with Crippen LogP contribution in [0.25, 0.3) is 0 Å². The van der Waals surface area contributed by atoms with Gasteiger partial charge in [-0.15, -0.1) is 13.2 Å². The first-order chi connectivity index (χ1) is 23.8. The first kappa shape index (κ1) is 37.7. The first-order valence-electron chi connectivity index (χ1n) is 16.9. The van der Waals surface area contributed by atoms with Gasteiger partial charge in [-0.2, -0.15) is 0 Å². The number of hydrogen-bond acceptors (Lipinski definition) is 7. The summed E-state index contributed by atoms with van der Waals surface area (Å²) in [6.45, 7) is 12.6. The third-order valence-electron chi connectivity index (χ3n) is 10.4. The average Bonchev–Trinajstić information content (AvgIpc) is 3.71. The minimum absolute atomic E-state index is 0.0957. The second-order valence-corrected chi connectivity index (χ2v) is 15.0. The van der Waals surface area contributed by atoms with Gasteiger partial charge in [-0.3, -0.25) is 19.2 Å². The van der Waals surface area contributed by atoms with Crippen molar-refractivity contribution < 1.29 is 33.8 Å². The van der Waals surface area contributed by atoms with Crippen LogP contribution < -0.4 is 4.90 Å². The Morgan fingerprint density at radius 1 is 1.16 bits per heavy atom. The molecule has 0 radical (unpaired) electrons. The van der Waals surface area contributed by atoms with Crippen molar-refractivity contribution in [1.82, 2.24) is 9.80 Å². The molecule has 268 valence electrons. The molecule has 0 aromatic heterocycles. The lowest BCUT2D eigenvalue weighted by Gasteiger charge is -2.39. The summed E-state index contributed by atoms with van der Waals surface area (Å²) in [5.74, 6) is -3.85. The highest BCUT2D eigenvalue weighted by molar-refractivity contribution is 9.09. The fraction of sp³-hybridized carbons (Fsp3) is 0.474. The Morgan fingerprint density at radius 3 is 2.48 bits per heavy atom. The molecule has 3 amide bonds. The van der Waals surface area contributed by atoms with Crippen LogP contribution in [0.5, 0.6) is 0 Å². The van der Waals surface area contributed by atoms with E-state index in [0.717, 1.165) is 5.56 Å². The molecule has 5 rings (SSSR count). The molecule has 1 unspecified atom stereocenters. The van der Waals surface area contributed by atoms with E-state index in [4.69, 9.17) is 21.1 Å². The number of aliphatic hydroxyl groups excluding tert-OH is 1. The highest BCUT2D eigenvalue weighted by Crippen LogP contribution is 2.61. The number of benzene rings is 2. The number of aryl methyl sites for hydroxylation is 1. The van der Waals surface area contributed by atoms with E-state index in [2.05, 4.69) is 29.1 Å². The summed E-state index contributed by atoms with van der Waals surface area (Å²) in [7, 11) is 1.67. The lowest BCUT2D eigenvalue weighted by molar-refractivity contribution is -0.165. The van der Waals surface area contributed by atoms with E-state index >= 15 is 0 Å². The normalized spacial score (nSPS) is 26.9. The van der Waals surface area contributed by atoms with E-state index in [-0.39, 0.29) is 30.1 Å². The van der Waals surface area contributed by atoms with E-state index < -0.39 is 72.2 Å². The second kappa shape index (κ2) is 15.4. The molecular weight excluding hydrogens is 726 g/mol. The number of carbonyl (C=O) groups excluding carboxylic acids is 4. The summed E-state index contributed by atoms with van der Waals surface area (Å²) in [4.78, 5) is 61.0. The molecule has 3 saturated heterocycles. The Balaban J connectivity index is 1.54. The Labute approximate surface area is 307 Å². The van der Waals surface area contributed by atoms with Crippen molar-refractivity contribution in [3.05, 3.63) is 90.0 Å². The standard InChI is InChI=1S/C38H45BrClN3O7/c1-7-9-18-28(45)41(6)24(5)32(25-15-11-10-12-16-25)49-37(48)29-30-35(46)43(23(4)21-44)34(38(30)20-26(39)33(29)50-38)36(47)42(19-8-2)31-22(3)14-13-17-27(31)40/h7-8,10-17,23-24,26,29-30,32-34,44H,1-2,9,18-21H2,3-6H3/t23-,24-,26?,29+,30-,32+,33+,34+,38-/m1/s1. The van der Waals surface area contributed by atoms with Crippen LogP contribution in [-0.2, 0) is 28.7 Å². The number of fused-ring (bicyclic) bond motifs is 1. The van der Waals surface area contributed by atoms with Gasteiger partial charge in [0.2, 0.25) is 11.8 Å². The molecule has 3 aliphatic heterocycles. The molecule has 2 bridgehead atoms. The number of allylic oxidation sites excluding steroid dienone is 1. The number of halogens is 2. The van der Waals surface area contributed by atoms with Crippen LogP contribution in [-0.4, -0.2) is 93.5 Å². The summed E-state index contributed by atoms with van der Waals surface area (Å²) >= 11 is 10.4. The number of likely N-dealkylation sites (N-methyl/N-ethyl adjacent to an activating group) is 1. The highest BCUT2D eigenvalue weighted by Gasteiger charge is 2.77. The molecule has 3 aliphatic rings. The predicted octanol–water partition coefficient (Wildman–Crippen LogP) is 5.39. The third-order valence-corrected chi connectivity index (χ3v) is 11.5. The first-order valence-corrected chi connectivity index (χ1v) is 18.2. The van der Waals surface area contributed by atoms with Gasteiger partial charge >= 0.3 is 5.97 Å². The predicted molar refractivity (Wildman–Crippen MR) is 195 cm³/mol. The molecule has 3 fully saturated rings. The lowest BCUT2D eigenvalue weighted by atomic mass is 9.70. The van der Waals surface area contributed by atoms with Crippen LogP contribution in [0, 0.1) is 18.8 Å². The maximum Gasteiger partial charge on any atom is 0.313 e.